The van der Waals surface area contributed by atoms with Gasteiger partial charge in [0.2, 0.25) is 0 Å². The number of piperazine rings is 1. The van der Waals surface area contributed by atoms with Crippen molar-refractivity contribution in [1.82, 2.24) is 4.90 Å². The van der Waals surface area contributed by atoms with E-state index in [1.54, 1.807) is 13.2 Å². The topological polar surface area (TPSA) is 24.9 Å². The molecule has 0 radical (unpaired) electrons. The van der Waals surface area contributed by atoms with Gasteiger partial charge in [-0.1, -0.05) is 53.8 Å². The second-order valence-electron chi connectivity index (χ2n) is 7.73. The zero-order chi connectivity index (χ0) is 23.0. The molecule has 0 unspecified atom stereocenters. The second-order valence-corrected chi connectivity index (χ2v) is 8.13. The van der Waals surface area contributed by atoms with Gasteiger partial charge in [-0.25, -0.2) is 4.39 Å². The molecule has 0 bridgehead atoms. The fourth-order valence-electron chi connectivity index (χ4n) is 3.82. The number of para-hydroxylation sites is 1. The molecule has 33 heavy (non-hydrogen) atoms. The summed E-state index contributed by atoms with van der Waals surface area (Å²) in [6.07, 6.45) is 0. The molecule has 3 aromatic rings. The first-order valence-electron chi connectivity index (χ1n) is 10.9. The Labute approximate surface area is 199 Å². The zero-order valence-electron chi connectivity index (χ0n) is 18.6. The fraction of sp³-hybridized carbons (Fsp3) is 0.259. The molecule has 170 valence electrons. The zero-order valence-corrected chi connectivity index (χ0v) is 19.3. The second kappa shape index (κ2) is 11.1. The molecule has 0 atom stereocenters. The maximum atomic E-state index is 13.4. The summed E-state index contributed by atoms with van der Waals surface area (Å²) in [5.41, 5.74) is 3.65. The number of rotatable bonds is 6. The molecule has 1 saturated heterocycles. The average Bonchev–Trinajstić information content (AvgIpc) is 2.86. The maximum absolute atomic E-state index is 13.4. The Morgan fingerprint density at radius 3 is 2.36 bits per heavy atom. The molecule has 0 amide bonds. The molecule has 0 aromatic heterocycles. The van der Waals surface area contributed by atoms with Crippen LogP contribution in [-0.2, 0) is 0 Å². The van der Waals surface area contributed by atoms with Gasteiger partial charge in [-0.2, -0.15) is 0 Å². The molecule has 3 aromatic carbocycles. The van der Waals surface area contributed by atoms with Crippen molar-refractivity contribution in [2.24, 2.45) is 0 Å². The highest BCUT2D eigenvalue weighted by molar-refractivity contribution is 6.30. The fourth-order valence-corrected chi connectivity index (χ4v) is 3.93. The number of ether oxygens (including phenoxy) is 2. The monoisotopic (exact) mass is 464 g/mol. The van der Waals surface area contributed by atoms with E-state index in [0.717, 1.165) is 31.9 Å². The van der Waals surface area contributed by atoms with Crippen LogP contribution < -0.4 is 14.4 Å². The number of halogens is 2. The van der Waals surface area contributed by atoms with E-state index in [0.29, 0.717) is 12.3 Å². The number of hydrogen-bond acceptors (Lipinski definition) is 4. The van der Waals surface area contributed by atoms with Crippen molar-refractivity contribution in [2.75, 3.05) is 51.3 Å². The molecule has 1 aliphatic heterocycles. The molecule has 1 aliphatic rings. The van der Waals surface area contributed by atoms with Crippen LogP contribution in [0.3, 0.4) is 0 Å². The van der Waals surface area contributed by atoms with Gasteiger partial charge in [0.15, 0.2) is 0 Å². The van der Waals surface area contributed by atoms with Crippen molar-refractivity contribution >= 4 is 17.3 Å². The van der Waals surface area contributed by atoms with Crippen LogP contribution >= 0.6 is 11.6 Å². The molecule has 1 heterocycles. The molecule has 0 aliphatic carbocycles. The number of anilines is 1. The Balaban J connectivity index is 1.29. The van der Waals surface area contributed by atoms with Gasteiger partial charge in [0.05, 0.1) is 18.7 Å². The first kappa shape index (κ1) is 23.0. The number of methoxy groups -OCH3 is 1. The Morgan fingerprint density at radius 2 is 1.64 bits per heavy atom. The summed E-state index contributed by atoms with van der Waals surface area (Å²) in [6, 6.07) is 21.1. The van der Waals surface area contributed by atoms with Gasteiger partial charge >= 0.3 is 0 Å². The smallest absolute Gasteiger partial charge is 0.149 e. The first-order valence-corrected chi connectivity index (χ1v) is 11.3. The molecule has 0 saturated carbocycles. The van der Waals surface area contributed by atoms with Crippen molar-refractivity contribution < 1.29 is 13.9 Å². The lowest BCUT2D eigenvalue weighted by atomic mass is 10.0. The Bertz CT molecular complexity index is 1130. The van der Waals surface area contributed by atoms with Gasteiger partial charge in [0, 0.05) is 43.5 Å². The van der Waals surface area contributed by atoms with Crippen LogP contribution in [0.15, 0.2) is 66.7 Å². The van der Waals surface area contributed by atoms with Gasteiger partial charge in [-0.05, 0) is 35.9 Å². The van der Waals surface area contributed by atoms with E-state index in [-0.39, 0.29) is 11.6 Å². The quantitative estimate of drug-likeness (QED) is 0.458. The van der Waals surface area contributed by atoms with Gasteiger partial charge in [0.1, 0.15) is 23.9 Å². The first-order chi connectivity index (χ1) is 16.1. The summed E-state index contributed by atoms with van der Waals surface area (Å²) in [6.45, 7) is 4.66. The van der Waals surface area contributed by atoms with Crippen LogP contribution in [0.2, 0.25) is 5.02 Å². The molecular formula is C27H26ClFN2O2. The molecule has 0 spiro atoms. The minimum absolute atomic E-state index is 0.0826. The number of hydrogen-bond donors (Lipinski definition) is 0. The van der Waals surface area contributed by atoms with Crippen LogP contribution in [0.4, 0.5) is 10.1 Å². The van der Waals surface area contributed by atoms with E-state index < -0.39 is 5.82 Å². The Hall–Kier alpha value is -3.20. The van der Waals surface area contributed by atoms with Crippen LogP contribution in [0.5, 0.6) is 11.5 Å². The lowest BCUT2D eigenvalue weighted by molar-refractivity contribution is 0.288. The molecular weight excluding hydrogens is 439 g/mol. The van der Waals surface area contributed by atoms with Gasteiger partial charge in [-0.3, -0.25) is 4.90 Å². The minimum atomic E-state index is -0.492. The standard InChI is InChI=1S/C27H26ClFN2O2/c1-32-22-10-8-21(9-11-22)24-6-2-3-7-27(24)31-17-15-30(16-18-31)14-4-5-19-33-23-12-13-25(28)26(29)20-23/h2-3,6-13,20H,14-19H2,1H3. The SMILES string of the molecule is COc1ccc(-c2ccccc2N2CCN(CC#CCOc3ccc(Cl)c(F)c3)CC2)cc1. The third-order valence-electron chi connectivity index (χ3n) is 5.65. The van der Waals surface area contributed by atoms with E-state index in [2.05, 4.69) is 58.0 Å². The van der Waals surface area contributed by atoms with Crippen molar-refractivity contribution in [3.8, 4) is 34.5 Å². The van der Waals surface area contributed by atoms with E-state index in [1.165, 1.54) is 28.9 Å². The summed E-state index contributed by atoms with van der Waals surface area (Å²) < 4.78 is 24.2. The summed E-state index contributed by atoms with van der Waals surface area (Å²) in [5, 5.41) is 0.0826. The predicted molar refractivity (Wildman–Crippen MR) is 132 cm³/mol. The van der Waals surface area contributed by atoms with Crippen LogP contribution in [0, 0.1) is 17.7 Å². The van der Waals surface area contributed by atoms with Crippen LogP contribution in [0.1, 0.15) is 0 Å². The highest BCUT2D eigenvalue weighted by Gasteiger charge is 2.19. The minimum Gasteiger partial charge on any atom is -0.497 e. The van der Waals surface area contributed by atoms with Gasteiger partial charge in [-0.15, -0.1) is 0 Å². The Kier molecular flexibility index (Phi) is 7.72. The van der Waals surface area contributed by atoms with Gasteiger partial charge < -0.3 is 14.4 Å². The van der Waals surface area contributed by atoms with Crippen molar-refractivity contribution in [3.63, 3.8) is 0 Å². The van der Waals surface area contributed by atoms with Crippen LogP contribution in [0.25, 0.3) is 11.1 Å². The highest BCUT2D eigenvalue weighted by Crippen LogP contribution is 2.32. The average molecular weight is 465 g/mol. The van der Waals surface area contributed by atoms with E-state index in [1.807, 2.05) is 12.1 Å². The number of nitrogens with zero attached hydrogens (tertiary/aromatic N) is 2. The van der Waals surface area contributed by atoms with E-state index in [4.69, 9.17) is 21.1 Å². The lowest BCUT2D eigenvalue weighted by Gasteiger charge is -2.36. The largest absolute Gasteiger partial charge is 0.497 e. The summed E-state index contributed by atoms with van der Waals surface area (Å²) in [5.74, 6) is 6.95. The summed E-state index contributed by atoms with van der Waals surface area (Å²) >= 11 is 5.68. The van der Waals surface area contributed by atoms with Crippen molar-refractivity contribution in [1.29, 1.82) is 0 Å². The van der Waals surface area contributed by atoms with Crippen molar-refractivity contribution in [2.45, 2.75) is 0 Å². The normalized spacial score (nSPS) is 13.8. The van der Waals surface area contributed by atoms with Crippen LogP contribution in [-0.4, -0.2) is 51.3 Å². The van der Waals surface area contributed by atoms with Gasteiger partial charge in [0.25, 0.3) is 0 Å². The van der Waals surface area contributed by atoms with E-state index in [9.17, 15) is 4.39 Å². The Morgan fingerprint density at radius 1 is 0.909 bits per heavy atom. The summed E-state index contributed by atoms with van der Waals surface area (Å²) in [7, 11) is 1.68. The molecule has 4 nitrogen and oxygen atoms in total. The highest BCUT2D eigenvalue weighted by atomic mass is 35.5. The third-order valence-corrected chi connectivity index (χ3v) is 5.95. The van der Waals surface area contributed by atoms with E-state index >= 15 is 0 Å². The maximum Gasteiger partial charge on any atom is 0.149 e. The predicted octanol–water partition coefficient (Wildman–Crippen LogP) is 5.36. The molecule has 0 N–H and O–H groups in total. The third kappa shape index (κ3) is 5.98. The van der Waals surface area contributed by atoms with Crippen molar-refractivity contribution in [3.05, 3.63) is 77.6 Å². The molecule has 4 rings (SSSR count). The lowest BCUT2D eigenvalue weighted by Crippen LogP contribution is -2.46. The molecule has 6 heteroatoms. The summed E-state index contributed by atoms with van der Waals surface area (Å²) in [4.78, 5) is 4.77. The number of benzene rings is 3. The molecule has 1 fully saturated rings.